The highest BCUT2D eigenvalue weighted by Crippen LogP contribution is 2.30. The van der Waals surface area contributed by atoms with Crippen LogP contribution in [0.3, 0.4) is 0 Å². The molecule has 4 rings (SSSR count). The van der Waals surface area contributed by atoms with Crippen molar-refractivity contribution in [2.24, 2.45) is 7.05 Å². The van der Waals surface area contributed by atoms with Crippen LogP contribution in [0.2, 0.25) is 0 Å². The van der Waals surface area contributed by atoms with Gasteiger partial charge in [0, 0.05) is 37.8 Å². The van der Waals surface area contributed by atoms with Crippen molar-refractivity contribution in [1.29, 1.82) is 0 Å². The zero-order chi connectivity index (χ0) is 20.9. The molecule has 1 aliphatic rings. The monoisotopic (exact) mass is 427 g/mol. The lowest BCUT2D eigenvalue weighted by atomic mass is 9.96. The Balaban J connectivity index is 1.37. The maximum absolute atomic E-state index is 5.48. The van der Waals surface area contributed by atoms with Crippen LogP contribution in [0.4, 0.5) is 0 Å². The topological polar surface area (TPSA) is 65.3 Å². The molecule has 0 radical (unpaired) electrons. The van der Waals surface area contributed by atoms with Crippen LogP contribution in [-0.2, 0) is 18.3 Å². The number of ether oxygens (including phenoxy) is 2. The Hall–Kier alpha value is -2.16. The Bertz CT molecular complexity index is 985. The number of hydrogen-bond donors (Lipinski definition) is 0. The molecule has 3 heterocycles. The third-order valence-corrected chi connectivity index (χ3v) is 6.67. The molecular formula is C22H29N5O2S. The minimum Gasteiger partial charge on any atom is -0.494 e. The SMILES string of the molecule is COCCSc1nnc(C2CCN(Cc3ccc4cccc(OC)c4n3)CC2)n1C. The van der Waals surface area contributed by atoms with E-state index in [4.69, 9.17) is 14.5 Å². The molecule has 1 aliphatic heterocycles. The first kappa shape index (κ1) is 21.1. The summed E-state index contributed by atoms with van der Waals surface area (Å²) in [5, 5.41) is 10.9. The molecular weight excluding hydrogens is 398 g/mol. The fourth-order valence-electron chi connectivity index (χ4n) is 4.02. The van der Waals surface area contributed by atoms with E-state index in [9.17, 15) is 0 Å². The molecule has 2 aromatic heterocycles. The lowest BCUT2D eigenvalue weighted by molar-refractivity contribution is 0.198. The average Bonchev–Trinajstić information content (AvgIpc) is 3.14. The summed E-state index contributed by atoms with van der Waals surface area (Å²) in [4.78, 5) is 7.34. The van der Waals surface area contributed by atoms with Crippen LogP contribution in [0, 0.1) is 0 Å². The van der Waals surface area contributed by atoms with Gasteiger partial charge in [-0.2, -0.15) is 0 Å². The van der Waals surface area contributed by atoms with Crippen molar-refractivity contribution in [3.8, 4) is 5.75 Å². The van der Waals surface area contributed by atoms with Crippen molar-refractivity contribution in [1.82, 2.24) is 24.6 Å². The van der Waals surface area contributed by atoms with Gasteiger partial charge in [0.1, 0.15) is 17.1 Å². The second-order valence-corrected chi connectivity index (χ2v) is 8.69. The van der Waals surface area contributed by atoms with Crippen LogP contribution in [0.25, 0.3) is 10.9 Å². The molecule has 8 heteroatoms. The quantitative estimate of drug-likeness (QED) is 0.403. The maximum atomic E-state index is 5.48. The third-order valence-electron chi connectivity index (χ3n) is 5.69. The van der Waals surface area contributed by atoms with Crippen molar-refractivity contribution < 1.29 is 9.47 Å². The minimum atomic E-state index is 0.459. The summed E-state index contributed by atoms with van der Waals surface area (Å²) in [6.45, 7) is 3.65. The number of thioether (sulfide) groups is 1. The van der Waals surface area contributed by atoms with E-state index >= 15 is 0 Å². The van der Waals surface area contributed by atoms with Crippen molar-refractivity contribution >= 4 is 22.7 Å². The van der Waals surface area contributed by atoms with Gasteiger partial charge < -0.3 is 14.0 Å². The lowest BCUT2D eigenvalue weighted by Crippen LogP contribution is -2.33. The average molecular weight is 428 g/mol. The second kappa shape index (κ2) is 9.76. The van der Waals surface area contributed by atoms with E-state index in [-0.39, 0.29) is 0 Å². The van der Waals surface area contributed by atoms with Gasteiger partial charge in [-0.3, -0.25) is 4.90 Å². The number of nitrogens with zero attached hydrogens (tertiary/aromatic N) is 5. The van der Waals surface area contributed by atoms with Gasteiger partial charge in [0.15, 0.2) is 5.16 Å². The molecule has 3 aromatic rings. The molecule has 30 heavy (non-hydrogen) atoms. The van der Waals surface area contributed by atoms with E-state index in [0.717, 1.165) is 78.2 Å². The summed E-state index contributed by atoms with van der Waals surface area (Å²) in [6.07, 6.45) is 2.18. The normalized spacial score (nSPS) is 15.7. The largest absolute Gasteiger partial charge is 0.494 e. The van der Waals surface area contributed by atoms with Gasteiger partial charge in [0.05, 0.1) is 19.4 Å². The van der Waals surface area contributed by atoms with Crippen LogP contribution in [0.15, 0.2) is 35.5 Å². The molecule has 0 saturated carbocycles. The molecule has 0 amide bonds. The number of rotatable bonds is 8. The Kier molecular flexibility index (Phi) is 6.86. The van der Waals surface area contributed by atoms with Gasteiger partial charge in [-0.15, -0.1) is 10.2 Å². The third kappa shape index (κ3) is 4.61. The van der Waals surface area contributed by atoms with Crippen molar-refractivity contribution in [3.63, 3.8) is 0 Å². The molecule has 0 N–H and O–H groups in total. The highest BCUT2D eigenvalue weighted by Gasteiger charge is 2.25. The smallest absolute Gasteiger partial charge is 0.191 e. The van der Waals surface area contributed by atoms with E-state index in [1.807, 2.05) is 12.1 Å². The van der Waals surface area contributed by atoms with E-state index in [0.29, 0.717) is 5.92 Å². The van der Waals surface area contributed by atoms with Crippen LogP contribution >= 0.6 is 11.8 Å². The first-order valence-electron chi connectivity index (χ1n) is 10.4. The van der Waals surface area contributed by atoms with Crippen molar-refractivity contribution in [2.45, 2.75) is 30.5 Å². The predicted octanol–water partition coefficient (Wildman–Crippen LogP) is 3.49. The van der Waals surface area contributed by atoms with Crippen LogP contribution in [0.5, 0.6) is 5.75 Å². The number of pyridine rings is 1. The molecule has 1 saturated heterocycles. The van der Waals surface area contributed by atoms with Gasteiger partial charge >= 0.3 is 0 Å². The van der Waals surface area contributed by atoms with E-state index in [2.05, 4.69) is 44.9 Å². The highest BCUT2D eigenvalue weighted by atomic mass is 32.2. The molecule has 160 valence electrons. The molecule has 0 atom stereocenters. The number of para-hydroxylation sites is 1. The number of aromatic nitrogens is 4. The summed E-state index contributed by atoms with van der Waals surface area (Å²) < 4.78 is 12.8. The summed E-state index contributed by atoms with van der Waals surface area (Å²) in [6, 6.07) is 10.3. The first-order chi connectivity index (χ1) is 14.7. The Morgan fingerprint density at radius 2 is 1.93 bits per heavy atom. The Morgan fingerprint density at radius 1 is 1.10 bits per heavy atom. The summed E-state index contributed by atoms with van der Waals surface area (Å²) in [5.41, 5.74) is 2.02. The fourth-order valence-corrected chi connectivity index (χ4v) is 4.83. The number of benzene rings is 1. The molecule has 1 fully saturated rings. The highest BCUT2D eigenvalue weighted by molar-refractivity contribution is 7.99. The number of hydrogen-bond acceptors (Lipinski definition) is 7. The lowest BCUT2D eigenvalue weighted by Gasteiger charge is -2.31. The van der Waals surface area contributed by atoms with Crippen LogP contribution < -0.4 is 4.74 Å². The summed E-state index contributed by atoms with van der Waals surface area (Å²) in [5.74, 6) is 3.28. The first-order valence-corrected chi connectivity index (χ1v) is 11.3. The van der Waals surface area contributed by atoms with E-state index < -0.39 is 0 Å². The number of fused-ring (bicyclic) bond motifs is 1. The van der Waals surface area contributed by atoms with Gasteiger partial charge in [-0.1, -0.05) is 30.0 Å². The number of likely N-dealkylation sites (tertiary alicyclic amines) is 1. The van der Waals surface area contributed by atoms with Gasteiger partial charge in [0.25, 0.3) is 0 Å². The van der Waals surface area contributed by atoms with Gasteiger partial charge in [-0.05, 0) is 38.1 Å². The molecule has 0 unspecified atom stereocenters. The van der Waals surface area contributed by atoms with E-state index in [1.54, 1.807) is 26.0 Å². The molecule has 1 aromatic carbocycles. The predicted molar refractivity (Wildman–Crippen MR) is 119 cm³/mol. The van der Waals surface area contributed by atoms with E-state index in [1.165, 1.54) is 0 Å². The summed E-state index contributed by atoms with van der Waals surface area (Å²) in [7, 11) is 5.49. The Morgan fingerprint density at radius 3 is 2.70 bits per heavy atom. The van der Waals surface area contributed by atoms with Gasteiger partial charge in [-0.25, -0.2) is 4.98 Å². The van der Waals surface area contributed by atoms with Crippen molar-refractivity contribution in [3.05, 3.63) is 41.9 Å². The van der Waals surface area contributed by atoms with Crippen molar-refractivity contribution in [2.75, 3.05) is 39.7 Å². The van der Waals surface area contributed by atoms with Gasteiger partial charge in [0.2, 0.25) is 0 Å². The second-order valence-electron chi connectivity index (χ2n) is 7.63. The molecule has 0 aliphatic carbocycles. The fraction of sp³-hybridized carbons (Fsp3) is 0.500. The maximum Gasteiger partial charge on any atom is 0.191 e. The van der Waals surface area contributed by atoms with Crippen LogP contribution in [0.1, 0.15) is 30.3 Å². The standard InChI is InChI=1S/C22H29N5O2S/c1-26-21(24-25-22(26)30-14-13-28-2)17-9-11-27(12-10-17)15-18-8-7-16-5-4-6-19(29-3)20(16)23-18/h4-8,17H,9-15H2,1-3H3. The minimum absolute atomic E-state index is 0.459. The summed E-state index contributed by atoms with van der Waals surface area (Å²) >= 11 is 1.70. The molecule has 0 bridgehead atoms. The molecule has 0 spiro atoms. The number of methoxy groups -OCH3 is 2. The molecule has 7 nitrogen and oxygen atoms in total. The number of piperidine rings is 1. The zero-order valence-electron chi connectivity index (χ0n) is 17.9. The Labute approximate surface area is 181 Å². The van der Waals surface area contributed by atoms with Crippen LogP contribution in [-0.4, -0.2) is 64.3 Å². The zero-order valence-corrected chi connectivity index (χ0v) is 18.7.